The second kappa shape index (κ2) is 5.08. The Hall–Kier alpha value is -0.160. The summed E-state index contributed by atoms with van der Waals surface area (Å²) in [6.45, 7) is 14.8. The maximum Gasteiger partial charge on any atom is 0.0753 e. The first kappa shape index (κ1) is 14.3. The molecule has 4 nitrogen and oxygen atoms in total. The molecule has 2 saturated heterocycles. The third-order valence-corrected chi connectivity index (χ3v) is 4.57. The van der Waals surface area contributed by atoms with E-state index in [4.69, 9.17) is 10.5 Å². The molecule has 0 spiro atoms. The summed E-state index contributed by atoms with van der Waals surface area (Å²) >= 11 is 0. The maximum atomic E-state index is 6.14. The van der Waals surface area contributed by atoms with Crippen molar-refractivity contribution in [2.24, 2.45) is 5.73 Å². The van der Waals surface area contributed by atoms with Crippen molar-refractivity contribution in [2.45, 2.75) is 51.3 Å². The number of hydrogen-bond acceptors (Lipinski definition) is 4. The van der Waals surface area contributed by atoms with Gasteiger partial charge in [0.25, 0.3) is 0 Å². The minimum atomic E-state index is -0.0360. The van der Waals surface area contributed by atoms with Crippen molar-refractivity contribution in [3.63, 3.8) is 0 Å². The molecule has 0 aromatic carbocycles. The molecule has 0 radical (unpaired) electrons. The van der Waals surface area contributed by atoms with Crippen LogP contribution in [0.5, 0.6) is 0 Å². The smallest absolute Gasteiger partial charge is 0.0753 e. The van der Waals surface area contributed by atoms with Crippen LogP contribution in [0.4, 0.5) is 0 Å². The van der Waals surface area contributed by atoms with E-state index in [1.165, 1.54) is 13.0 Å². The van der Waals surface area contributed by atoms with Gasteiger partial charge >= 0.3 is 0 Å². The van der Waals surface area contributed by atoms with Crippen LogP contribution in [0.2, 0.25) is 0 Å². The van der Waals surface area contributed by atoms with Gasteiger partial charge in [0.1, 0.15) is 0 Å². The van der Waals surface area contributed by atoms with Gasteiger partial charge in [-0.2, -0.15) is 0 Å². The van der Waals surface area contributed by atoms with Gasteiger partial charge in [0, 0.05) is 44.3 Å². The van der Waals surface area contributed by atoms with Crippen molar-refractivity contribution in [1.29, 1.82) is 0 Å². The molecule has 1 unspecified atom stereocenters. The summed E-state index contributed by atoms with van der Waals surface area (Å²) in [5.74, 6) is 0. The zero-order valence-electron chi connectivity index (χ0n) is 12.4. The highest BCUT2D eigenvalue weighted by atomic mass is 16.5. The fourth-order valence-corrected chi connectivity index (χ4v) is 3.30. The minimum absolute atomic E-state index is 0.0360. The third-order valence-electron chi connectivity index (χ3n) is 4.57. The molecule has 0 aliphatic carbocycles. The molecule has 1 atom stereocenters. The first-order chi connectivity index (χ1) is 8.38. The SMILES string of the molecule is CC(C)N1CCC(CN)(N2CCOC(C)(C)C2)C1. The molecule has 2 fully saturated rings. The number of rotatable bonds is 3. The number of nitrogens with zero attached hydrogens (tertiary/aromatic N) is 2. The topological polar surface area (TPSA) is 41.7 Å². The number of nitrogens with two attached hydrogens (primary N) is 1. The zero-order valence-corrected chi connectivity index (χ0v) is 12.4. The molecule has 18 heavy (non-hydrogen) atoms. The maximum absolute atomic E-state index is 6.14. The molecule has 0 aromatic rings. The van der Waals surface area contributed by atoms with E-state index in [9.17, 15) is 0 Å². The zero-order chi connectivity index (χ0) is 13.4. The highest BCUT2D eigenvalue weighted by Gasteiger charge is 2.45. The molecule has 0 amide bonds. The number of likely N-dealkylation sites (tertiary alicyclic amines) is 1. The molecule has 4 heteroatoms. The number of morpholine rings is 1. The van der Waals surface area contributed by atoms with Gasteiger partial charge in [-0.3, -0.25) is 9.80 Å². The van der Waals surface area contributed by atoms with Crippen LogP contribution < -0.4 is 5.73 Å². The van der Waals surface area contributed by atoms with E-state index in [1.807, 2.05) is 0 Å². The normalized spacial score (nSPS) is 34.3. The number of ether oxygens (including phenoxy) is 1. The Kier molecular flexibility index (Phi) is 4.02. The molecular formula is C14H29N3O. The Morgan fingerprint density at radius 2 is 1.94 bits per heavy atom. The highest BCUT2D eigenvalue weighted by molar-refractivity contribution is 5.02. The lowest BCUT2D eigenvalue weighted by Crippen LogP contribution is -2.62. The Labute approximate surface area is 111 Å². The lowest BCUT2D eigenvalue weighted by atomic mass is 9.93. The van der Waals surface area contributed by atoms with Gasteiger partial charge in [-0.15, -0.1) is 0 Å². The van der Waals surface area contributed by atoms with Crippen molar-refractivity contribution in [3.8, 4) is 0 Å². The van der Waals surface area contributed by atoms with Crippen molar-refractivity contribution in [2.75, 3.05) is 39.3 Å². The molecule has 2 aliphatic heterocycles. The van der Waals surface area contributed by atoms with E-state index in [0.29, 0.717) is 6.04 Å². The molecule has 2 aliphatic rings. The standard InChI is InChI=1S/C14H29N3O/c1-12(2)16-6-5-14(9-15,11-16)17-7-8-18-13(3,4)10-17/h12H,5-11,15H2,1-4H3. The Balaban J connectivity index is 2.09. The predicted molar refractivity (Wildman–Crippen MR) is 74.7 cm³/mol. The largest absolute Gasteiger partial charge is 0.373 e. The molecule has 2 rings (SSSR count). The van der Waals surface area contributed by atoms with Crippen LogP contribution in [-0.2, 0) is 4.74 Å². The molecule has 0 saturated carbocycles. The van der Waals surface area contributed by atoms with Crippen LogP contribution in [0.25, 0.3) is 0 Å². The van der Waals surface area contributed by atoms with Gasteiger partial charge in [0.2, 0.25) is 0 Å². The summed E-state index contributed by atoms with van der Waals surface area (Å²) < 4.78 is 5.82. The fraction of sp³-hybridized carbons (Fsp3) is 1.00. The van der Waals surface area contributed by atoms with Gasteiger partial charge in [-0.25, -0.2) is 0 Å². The first-order valence-electron chi connectivity index (χ1n) is 7.22. The van der Waals surface area contributed by atoms with Crippen LogP contribution >= 0.6 is 0 Å². The molecular weight excluding hydrogens is 226 g/mol. The summed E-state index contributed by atoms with van der Waals surface area (Å²) in [5, 5.41) is 0. The second-order valence-electron chi connectivity index (χ2n) is 6.77. The average Bonchev–Trinajstić information content (AvgIpc) is 2.73. The van der Waals surface area contributed by atoms with Gasteiger partial charge in [0.15, 0.2) is 0 Å². The molecule has 0 bridgehead atoms. The van der Waals surface area contributed by atoms with Crippen LogP contribution in [0.3, 0.4) is 0 Å². The quantitative estimate of drug-likeness (QED) is 0.814. The van der Waals surface area contributed by atoms with Crippen molar-refractivity contribution in [1.82, 2.24) is 9.80 Å². The summed E-state index contributed by atoms with van der Waals surface area (Å²) in [6.07, 6.45) is 1.19. The van der Waals surface area contributed by atoms with Gasteiger partial charge in [-0.05, 0) is 34.1 Å². The van der Waals surface area contributed by atoms with E-state index >= 15 is 0 Å². The molecule has 0 aromatic heterocycles. The summed E-state index contributed by atoms with van der Waals surface area (Å²) in [6, 6.07) is 0.618. The lowest BCUT2D eigenvalue weighted by molar-refractivity contribution is -0.113. The minimum Gasteiger partial charge on any atom is -0.373 e. The van der Waals surface area contributed by atoms with Crippen molar-refractivity contribution in [3.05, 3.63) is 0 Å². The monoisotopic (exact) mass is 255 g/mol. The summed E-state index contributed by atoms with van der Waals surface area (Å²) in [5.41, 5.74) is 6.28. The Morgan fingerprint density at radius 3 is 2.44 bits per heavy atom. The molecule has 106 valence electrons. The van der Waals surface area contributed by atoms with E-state index < -0.39 is 0 Å². The van der Waals surface area contributed by atoms with Crippen molar-refractivity contribution < 1.29 is 4.74 Å². The van der Waals surface area contributed by atoms with Crippen LogP contribution in [0.1, 0.15) is 34.1 Å². The van der Waals surface area contributed by atoms with E-state index in [1.54, 1.807) is 0 Å². The first-order valence-corrected chi connectivity index (χ1v) is 7.22. The van der Waals surface area contributed by atoms with Crippen LogP contribution in [-0.4, -0.2) is 66.3 Å². The summed E-state index contributed by atoms with van der Waals surface area (Å²) in [4.78, 5) is 5.13. The average molecular weight is 255 g/mol. The summed E-state index contributed by atoms with van der Waals surface area (Å²) in [7, 11) is 0. The Morgan fingerprint density at radius 1 is 1.22 bits per heavy atom. The van der Waals surface area contributed by atoms with Gasteiger partial charge in [0.05, 0.1) is 12.2 Å². The fourth-order valence-electron chi connectivity index (χ4n) is 3.30. The highest BCUT2D eigenvalue weighted by Crippen LogP contribution is 2.32. The van der Waals surface area contributed by atoms with Crippen molar-refractivity contribution >= 4 is 0 Å². The molecule has 2 N–H and O–H groups in total. The van der Waals surface area contributed by atoms with E-state index in [2.05, 4.69) is 37.5 Å². The lowest BCUT2D eigenvalue weighted by Gasteiger charge is -2.48. The predicted octanol–water partition coefficient (Wildman–Crippen LogP) is 0.909. The second-order valence-corrected chi connectivity index (χ2v) is 6.77. The Bertz CT molecular complexity index is 293. The van der Waals surface area contributed by atoms with Gasteiger partial charge in [-0.1, -0.05) is 0 Å². The van der Waals surface area contributed by atoms with E-state index in [0.717, 1.165) is 32.8 Å². The van der Waals surface area contributed by atoms with Gasteiger partial charge < -0.3 is 10.5 Å². The molecule has 2 heterocycles. The van der Waals surface area contributed by atoms with E-state index in [-0.39, 0.29) is 11.1 Å². The van der Waals surface area contributed by atoms with Crippen LogP contribution in [0, 0.1) is 0 Å². The number of hydrogen-bond donors (Lipinski definition) is 1. The third kappa shape index (κ3) is 2.72. The van der Waals surface area contributed by atoms with Crippen LogP contribution in [0.15, 0.2) is 0 Å².